The van der Waals surface area contributed by atoms with Crippen molar-refractivity contribution in [1.29, 1.82) is 0 Å². The first-order valence-corrected chi connectivity index (χ1v) is 5.05. The summed E-state index contributed by atoms with van der Waals surface area (Å²) in [4.78, 5) is 0. The Bertz CT molecular complexity index is 524. The number of hydrogen-bond acceptors (Lipinski definition) is 0. The maximum absolute atomic E-state index is 3.56. The molecule has 3 rings (SSSR count). The van der Waals surface area contributed by atoms with Crippen molar-refractivity contribution in [3.63, 3.8) is 0 Å². The molecule has 2 aromatic rings. The molecule has 0 nitrogen and oxygen atoms in total. The molecule has 2 aromatic carbocycles. The molecule has 0 saturated carbocycles. The lowest BCUT2D eigenvalue weighted by Crippen LogP contribution is -1.79. The van der Waals surface area contributed by atoms with E-state index in [0.717, 1.165) is 0 Å². The Labute approximate surface area is 85.0 Å². The van der Waals surface area contributed by atoms with Gasteiger partial charge in [0, 0.05) is 4.47 Å². The molecule has 0 saturated heterocycles. The van der Waals surface area contributed by atoms with Gasteiger partial charge in [-0.2, -0.15) is 0 Å². The molecule has 1 aliphatic carbocycles. The smallest absolute Gasteiger partial charge is 0.0254 e. The maximum atomic E-state index is 3.56. The molecule has 0 spiro atoms. The van der Waals surface area contributed by atoms with E-state index in [4.69, 9.17) is 0 Å². The second kappa shape index (κ2) is 2.46. The van der Waals surface area contributed by atoms with E-state index in [2.05, 4.69) is 58.4 Å². The van der Waals surface area contributed by atoms with Crippen LogP contribution in [0.1, 0.15) is 11.1 Å². The first kappa shape index (κ1) is 7.34. The van der Waals surface area contributed by atoms with Crippen LogP contribution in [0.15, 0.2) is 34.8 Å². The average molecular weight is 231 g/mol. The molecular weight excluding hydrogens is 224 g/mol. The Morgan fingerprint density at radius 2 is 1.85 bits per heavy atom. The molecular formula is C12H7Br. The predicted octanol–water partition coefficient (Wildman–Crippen LogP) is 4.09. The van der Waals surface area contributed by atoms with Crippen molar-refractivity contribution in [3.05, 3.63) is 45.9 Å². The Morgan fingerprint density at radius 1 is 0.923 bits per heavy atom. The predicted molar refractivity (Wildman–Crippen MR) is 60.6 cm³/mol. The third-order valence-corrected chi connectivity index (χ3v) is 3.19. The Hall–Kier alpha value is -1.08. The zero-order valence-electron chi connectivity index (χ0n) is 6.92. The molecule has 1 heteroatoms. The van der Waals surface area contributed by atoms with Gasteiger partial charge < -0.3 is 0 Å². The van der Waals surface area contributed by atoms with Gasteiger partial charge >= 0.3 is 0 Å². The molecule has 62 valence electrons. The van der Waals surface area contributed by atoms with E-state index < -0.39 is 0 Å². The topological polar surface area (TPSA) is 0 Å². The van der Waals surface area contributed by atoms with Crippen molar-refractivity contribution in [2.24, 2.45) is 0 Å². The SMILES string of the molecule is Brc1ccc2cccc3c2c1C=C3. The number of hydrogen-bond donors (Lipinski definition) is 0. The van der Waals surface area contributed by atoms with Gasteiger partial charge in [0.05, 0.1) is 0 Å². The van der Waals surface area contributed by atoms with Gasteiger partial charge in [-0.1, -0.05) is 52.3 Å². The summed E-state index contributed by atoms with van der Waals surface area (Å²) in [6, 6.07) is 10.7. The van der Waals surface area contributed by atoms with E-state index in [1.807, 2.05) is 0 Å². The summed E-state index contributed by atoms with van der Waals surface area (Å²) in [7, 11) is 0. The second-order valence-corrected chi connectivity index (χ2v) is 4.09. The Kier molecular flexibility index (Phi) is 1.39. The highest BCUT2D eigenvalue weighted by atomic mass is 79.9. The summed E-state index contributed by atoms with van der Waals surface area (Å²) >= 11 is 3.56. The quantitative estimate of drug-likeness (QED) is 0.546. The van der Waals surface area contributed by atoms with Gasteiger partial charge in [0.15, 0.2) is 0 Å². The van der Waals surface area contributed by atoms with E-state index in [1.54, 1.807) is 0 Å². The molecule has 0 radical (unpaired) electrons. The fourth-order valence-electron chi connectivity index (χ4n) is 1.89. The molecule has 0 aliphatic heterocycles. The molecule has 0 amide bonds. The highest BCUT2D eigenvalue weighted by Crippen LogP contribution is 2.35. The zero-order valence-corrected chi connectivity index (χ0v) is 8.51. The Morgan fingerprint density at radius 3 is 2.77 bits per heavy atom. The number of halogens is 1. The fourth-order valence-corrected chi connectivity index (χ4v) is 2.35. The second-order valence-electron chi connectivity index (χ2n) is 3.24. The van der Waals surface area contributed by atoms with Gasteiger partial charge in [0.2, 0.25) is 0 Å². The highest BCUT2D eigenvalue weighted by Gasteiger charge is 2.10. The normalized spacial score (nSPS) is 12.7. The molecule has 0 heterocycles. The lowest BCUT2D eigenvalue weighted by atomic mass is 10.0. The number of benzene rings is 2. The third kappa shape index (κ3) is 0.909. The van der Waals surface area contributed by atoms with Gasteiger partial charge in [0.25, 0.3) is 0 Å². The van der Waals surface area contributed by atoms with Gasteiger partial charge in [-0.3, -0.25) is 0 Å². The van der Waals surface area contributed by atoms with Crippen LogP contribution >= 0.6 is 15.9 Å². The lowest BCUT2D eigenvalue weighted by Gasteiger charge is -2.02. The van der Waals surface area contributed by atoms with Crippen molar-refractivity contribution in [1.82, 2.24) is 0 Å². The highest BCUT2D eigenvalue weighted by molar-refractivity contribution is 9.10. The van der Waals surface area contributed by atoms with Gasteiger partial charge in [0.1, 0.15) is 0 Å². The first-order valence-electron chi connectivity index (χ1n) is 4.25. The molecule has 0 bridgehead atoms. The summed E-state index contributed by atoms with van der Waals surface area (Å²) in [6.07, 6.45) is 4.34. The molecule has 0 atom stereocenters. The minimum Gasteiger partial charge on any atom is -0.0610 e. The van der Waals surface area contributed by atoms with Crippen LogP contribution in [0.3, 0.4) is 0 Å². The van der Waals surface area contributed by atoms with E-state index >= 15 is 0 Å². The lowest BCUT2D eigenvalue weighted by molar-refractivity contribution is 1.67. The maximum Gasteiger partial charge on any atom is 0.0254 e. The van der Waals surface area contributed by atoms with Gasteiger partial charge in [-0.25, -0.2) is 0 Å². The summed E-state index contributed by atoms with van der Waals surface area (Å²) in [5.41, 5.74) is 2.64. The van der Waals surface area contributed by atoms with Crippen LogP contribution in [0.2, 0.25) is 0 Å². The third-order valence-electron chi connectivity index (χ3n) is 2.49. The molecule has 13 heavy (non-hydrogen) atoms. The van der Waals surface area contributed by atoms with Gasteiger partial charge in [-0.05, 0) is 28.0 Å². The molecule has 0 fully saturated rings. The summed E-state index contributed by atoms with van der Waals surface area (Å²) in [6.45, 7) is 0. The molecule has 0 aromatic heterocycles. The van der Waals surface area contributed by atoms with Crippen LogP contribution in [-0.2, 0) is 0 Å². The fraction of sp³-hybridized carbons (Fsp3) is 0. The van der Waals surface area contributed by atoms with E-state index in [-0.39, 0.29) is 0 Å². The monoisotopic (exact) mass is 230 g/mol. The van der Waals surface area contributed by atoms with Crippen LogP contribution in [0.25, 0.3) is 22.9 Å². The van der Waals surface area contributed by atoms with Crippen molar-refractivity contribution in [2.75, 3.05) is 0 Å². The van der Waals surface area contributed by atoms with Gasteiger partial charge in [-0.15, -0.1) is 0 Å². The summed E-state index contributed by atoms with van der Waals surface area (Å²) in [5.74, 6) is 0. The Balaban J connectivity index is 2.62. The van der Waals surface area contributed by atoms with Crippen LogP contribution < -0.4 is 0 Å². The van der Waals surface area contributed by atoms with Crippen LogP contribution in [0, 0.1) is 0 Å². The summed E-state index contributed by atoms with van der Waals surface area (Å²) < 4.78 is 1.18. The molecule has 0 N–H and O–H groups in total. The molecule has 1 aliphatic rings. The van der Waals surface area contributed by atoms with E-state index in [0.29, 0.717) is 0 Å². The molecule has 0 unspecified atom stereocenters. The summed E-state index contributed by atoms with van der Waals surface area (Å²) in [5, 5.41) is 2.69. The van der Waals surface area contributed by atoms with Crippen LogP contribution in [0.5, 0.6) is 0 Å². The minimum absolute atomic E-state index is 1.18. The van der Waals surface area contributed by atoms with E-state index in [9.17, 15) is 0 Å². The van der Waals surface area contributed by atoms with Crippen molar-refractivity contribution in [3.8, 4) is 0 Å². The van der Waals surface area contributed by atoms with Crippen molar-refractivity contribution < 1.29 is 0 Å². The first-order chi connectivity index (χ1) is 6.36. The zero-order chi connectivity index (χ0) is 8.84. The van der Waals surface area contributed by atoms with Crippen LogP contribution in [-0.4, -0.2) is 0 Å². The van der Waals surface area contributed by atoms with E-state index in [1.165, 1.54) is 26.4 Å². The van der Waals surface area contributed by atoms with Crippen molar-refractivity contribution in [2.45, 2.75) is 0 Å². The van der Waals surface area contributed by atoms with Crippen molar-refractivity contribution >= 4 is 38.9 Å². The largest absolute Gasteiger partial charge is 0.0610 e. The standard InChI is InChI=1S/C12H7Br/c13-11-7-5-9-3-1-2-8-4-6-10(11)12(8)9/h1-7H. The average Bonchev–Trinajstić information content (AvgIpc) is 2.57. The minimum atomic E-state index is 1.18. The number of rotatable bonds is 0. The van der Waals surface area contributed by atoms with Crippen LogP contribution in [0.4, 0.5) is 0 Å².